The molecule has 4 aromatic rings. The van der Waals surface area contributed by atoms with Gasteiger partial charge in [0.15, 0.2) is 11.2 Å². The molecule has 13 nitrogen and oxygen atoms in total. The molecule has 2 saturated carbocycles. The summed E-state index contributed by atoms with van der Waals surface area (Å²) in [5, 5.41) is 10.0. The predicted molar refractivity (Wildman–Crippen MR) is 139 cm³/mol. The quantitative estimate of drug-likeness (QED) is 0.324. The summed E-state index contributed by atoms with van der Waals surface area (Å²) in [7, 11) is 1.17. The van der Waals surface area contributed by atoms with Crippen molar-refractivity contribution in [1.29, 1.82) is 0 Å². The Balaban J connectivity index is 1.38. The number of methoxy groups -OCH3 is 1. The number of imidazole rings is 1. The summed E-state index contributed by atoms with van der Waals surface area (Å²) in [6.45, 7) is -2.84. The number of hydrogen-bond donors (Lipinski definition) is 3. The zero-order valence-corrected chi connectivity index (χ0v) is 21.1. The zero-order valence-electron chi connectivity index (χ0n) is 25.1. The lowest BCUT2D eigenvalue weighted by atomic mass is 9.73. The number of carbonyl (C=O) groups is 2. The highest BCUT2D eigenvalue weighted by atomic mass is 19.3. The van der Waals surface area contributed by atoms with E-state index in [1.807, 2.05) is 0 Å². The smallest absolute Gasteiger partial charge is 0.407 e. The highest BCUT2D eigenvalue weighted by molar-refractivity contribution is 5.87. The summed E-state index contributed by atoms with van der Waals surface area (Å²) in [6, 6.07) is 2.57. The molecule has 2 unspecified atom stereocenters. The van der Waals surface area contributed by atoms with E-state index >= 15 is 0 Å². The van der Waals surface area contributed by atoms with Gasteiger partial charge in [0.05, 0.1) is 31.9 Å². The molecule has 4 aromatic heterocycles. The number of carbonyl (C=O) groups excluding carboxylic acids is 2. The van der Waals surface area contributed by atoms with Gasteiger partial charge in [-0.2, -0.15) is 5.10 Å². The lowest BCUT2D eigenvalue weighted by Crippen LogP contribution is -2.61. The van der Waals surface area contributed by atoms with Crippen molar-refractivity contribution in [2.24, 2.45) is 12.7 Å². The van der Waals surface area contributed by atoms with Gasteiger partial charge >= 0.3 is 11.8 Å². The molecular weight excluding hydrogens is 528 g/mol. The number of primary amides is 1. The van der Waals surface area contributed by atoms with E-state index in [9.17, 15) is 23.2 Å². The number of rotatable bonds is 6. The maximum absolute atomic E-state index is 13.9. The number of halogens is 2. The Kier molecular flexibility index (Phi) is 4.79. The summed E-state index contributed by atoms with van der Waals surface area (Å²) >= 11 is 0. The number of nitrogens with one attached hydrogen (secondary N) is 2. The van der Waals surface area contributed by atoms with Crippen molar-refractivity contribution >= 4 is 45.7 Å². The lowest BCUT2D eigenvalue weighted by molar-refractivity contribution is -0.172. The highest BCUT2D eigenvalue weighted by Gasteiger charge is 2.62. The van der Waals surface area contributed by atoms with Gasteiger partial charge < -0.3 is 21.1 Å². The van der Waals surface area contributed by atoms with E-state index in [4.69, 9.17) is 11.2 Å². The van der Waals surface area contributed by atoms with E-state index in [2.05, 4.69) is 30.4 Å². The monoisotopic (exact) mass is 559 g/mol. The molecule has 0 bridgehead atoms. The van der Waals surface area contributed by atoms with Gasteiger partial charge in [-0.05, 0) is 31.4 Å². The Bertz CT molecular complexity index is 1880. The summed E-state index contributed by atoms with van der Waals surface area (Å²) in [5.41, 5.74) is 3.32. The van der Waals surface area contributed by atoms with E-state index in [1.165, 1.54) is 30.1 Å². The number of ether oxygens (including phenoxy) is 1. The fourth-order valence-corrected chi connectivity index (χ4v) is 5.55. The first kappa shape index (κ1) is 21.3. The van der Waals surface area contributed by atoms with Crippen LogP contribution in [0.3, 0.4) is 0 Å². The van der Waals surface area contributed by atoms with Crippen molar-refractivity contribution < 1.29 is 28.6 Å². The number of hydrogen-bond acceptors (Lipinski definition) is 8. The Morgan fingerprint density at radius 3 is 2.73 bits per heavy atom. The van der Waals surface area contributed by atoms with E-state index < -0.39 is 61.0 Å². The molecule has 0 radical (unpaired) electrons. The minimum Gasteiger partial charge on any atom is -0.453 e. The molecule has 4 N–H and O–H groups in total. The number of nitrogens with zero attached hydrogens (tertiary/aromatic N) is 6. The van der Waals surface area contributed by atoms with Crippen LogP contribution in [-0.2, 0) is 22.0 Å². The van der Waals surface area contributed by atoms with Crippen molar-refractivity contribution in [3.8, 4) is 0 Å². The van der Waals surface area contributed by atoms with Crippen molar-refractivity contribution in [1.82, 2.24) is 34.2 Å². The van der Waals surface area contributed by atoms with Gasteiger partial charge in [0, 0.05) is 47.4 Å². The first-order valence-corrected chi connectivity index (χ1v) is 12.4. The third-order valence-electron chi connectivity index (χ3n) is 7.49. The lowest BCUT2D eigenvalue weighted by Gasteiger charge is -2.44. The summed E-state index contributed by atoms with van der Waals surface area (Å²) in [6.07, 6.45) is 0.682. The molecule has 0 aliphatic heterocycles. The first-order chi connectivity index (χ1) is 20.6. The van der Waals surface area contributed by atoms with Crippen LogP contribution in [0.1, 0.15) is 43.6 Å². The number of anilines is 2. The van der Waals surface area contributed by atoms with Crippen LogP contribution in [0, 0.1) is 0 Å². The first-order valence-electron chi connectivity index (χ1n) is 14.4. The summed E-state index contributed by atoms with van der Waals surface area (Å²) < 4.78 is 67.8. The molecule has 2 aliphatic carbocycles. The van der Waals surface area contributed by atoms with Crippen molar-refractivity contribution in [2.75, 3.05) is 12.4 Å². The number of pyridine rings is 2. The number of aryl methyl sites for hydroxylation is 1. The van der Waals surface area contributed by atoms with E-state index in [0.29, 0.717) is 16.4 Å². The highest BCUT2D eigenvalue weighted by Crippen LogP contribution is 2.50. The molecule has 4 heterocycles. The molecule has 6 rings (SSSR count). The zero-order chi connectivity index (χ0) is 31.8. The van der Waals surface area contributed by atoms with Crippen LogP contribution >= 0.6 is 0 Å². The van der Waals surface area contributed by atoms with E-state index in [1.54, 1.807) is 12.1 Å². The topological polar surface area (TPSA) is 164 Å². The maximum Gasteiger partial charge on any atom is 0.407 e. The van der Waals surface area contributed by atoms with Crippen LogP contribution in [-0.4, -0.2) is 59.9 Å². The van der Waals surface area contributed by atoms with Gasteiger partial charge in [-0.1, -0.05) is 0 Å². The third kappa shape index (κ3) is 4.03. The summed E-state index contributed by atoms with van der Waals surface area (Å²) in [5.74, 6) is -3.68. The second-order valence-corrected chi connectivity index (χ2v) is 10.1. The van der Waals surface area contributed by atoms with Crippen LogP contribution < -0.4 is 22.1 Å². The number of alkyl carbamates (subject to hydrolysis) is 1. The number of amides is 2. The molecule has 2 atom stereocenters. The molecule has 2 aliphatic rings. The normalized spacial score (nSPS) is 24.9. The minimum atomic E-state index is -3.07. The van der Waals surface area contributed by atoms with Gasteiger partial charge in [-0.15, -0.1) is 0 Å². The Labute approximate surface area is 230 Å². The standard InChI is InChI=1S/C25H27F2N9O4/c1-34-17-10-29-19(8-16(17)35(23(34)39)15-5-4-14(7-15)31-22(38)40-2)32-18-6-3-13-9-30-36(20(13)33-18)24(21(28)37)11-25(26,27)12-24/h3,6,8-10,14-15H,4-5,7,11-12H2,1-2H3,(H2,28,37)(H,31,38)(H,29,32,33)/i1D3,14D. The number of alkyl halides is 2. The molecular formula is C25H27F2N9O4. The van der Waals surface area contributed by atoms with Crippen molar-refractivity contribution in [3.05, 3.63) is 41.1 Å². The molecule has 210 valence electrons. The maximum atomic E-state index is 13.9. The molecule has 0 aromatic carbocycles. The van der Waals surface area contributed by atoms with Gasteiger partial charge in [0.2, 0.25) is 5.91 Å². The van der Waals surface area contributed by atoms with Gasteiger partial charge in [0.25, 0.3) is 5.92 Å². The minimum absolute atomic E-state index is 0.01000. The molecule has 2 fully saturated rings. The average molecular weight is 560 g/mol. The Morgan fingerprint density at radius 2 is 2.02 bits per heavy atom. The van der Waals surface area contributed by atoms with Crippen molar-refractivity contribution in [3.63, 3.8) is 0 Å². The predicted octanol–water partition coefficient (Wildman–Crippen LogP) is 2.28. The number of fused-ring (bicyclic) bond motifs is 2. The third-order valence-corrected chi connectivity index (χ3v) is 7.49. The number of nitrogens with two attached hydrogens (primary N) is 1. The van der Waals surface area contributed by atoms with Crippen LogP contribution in [0.15, 0.2) is 35.4 Å². The summed E-state index contributed by atoms with van der Waals surface area (Å²) in [4.78, 5) is 46.3. The SMILES string of the molecule is [2H]C1(NC(=O)OC)CCC(n2c(=O)n(C([2H])([2H])[2H])c3cnc(Nc4ccc5cnn(C6(C(N)=O)CC(F)(F)C6)c5n4)cc32)C1. The molecule has 2 amide bonds. The second-order valence-electron chi connectivity index (χ2n) is 10.1. The van der Waals surface area contributed by atoms with Crippen LogP contribution in [0.5, 0.6) is 0 Å². The van der Waals surface area contributed by atoms with Gasteiger partial charge in [-0.25, -0.2) is 33.0 Å². The Hall–Kier alpha value is -4.56. The second kappa shape index (κ2) is 8.99. The van der Waals surface area contributed by atoms with Crippen molar-refractivity contribution in [2.45, 2.75) is 55.6 Å². The van der Waals surface area contributed by atoms with E-state index in [-0.39, 0.29) is 41.2 Å². The molecule has 0 saturated heterocycles. The molecule has 0 spiro atoms. The van der Waals surface area contributed by atoms with Crippen LogP contribution in [0.25, 0.3) is 22.1 Å². The van der Waals surface area contributed by atoms with Crippen LogP contribution in [0.2, 0.25) is 0 Å². The van der Waals surface area contributed by atoms with Gasteiger partial charge in [0.1, 0.15) is 11.6 Å². The Morgan fingerprint density at radius 1 is 1.23 bits per heavy atom. The number of aromatic nitrogens is 6. The average Bonchev–Trinajstić information content (AvgIpc) is 3.59. The van der Waals surface area contributed by atoms with Gasteiger partial charge in [-0.3, -0.25) is 13.9 Å². The fraction of sp³-hybridized carbons (Fsp3) is 0.440. The van der Waals surface area contributed by atoms with Crippen LogP contribution in [0.4, 0.5) is 25.2 Å². The fourth-order valence-electron chi connectivity index (χ4n) is 5.55. The molecule has 15 heteroatoms. The molecule has 40 heavy (non-hydrogen) atoms. The largest absolute Gasteiger partial charge is 0.453 e. The van der Waals surface area contributed by atoms with E-state index in [0.717, 1.165) is 4.68 Å².